The van der Waals surface area contributed by atoms with Crippen LogP contribution in [0.2, 0.25) is 0 Å². The Hall–Kier alpha value is -2.12. The Balaban J connectivity index is 0.000000409. The third-order valence-corrected chi connectivity index (χ3v) is 2.63. The number of hydrogen-bond donors (Lipinski definition) is 2. The molecule has 0 aliphatic carbocycles. The highest BCUT2D eigenvalue weighted by molar-refractivity contribution is 5.77. The first-order valence-electron chi connectivity index (χ1n) is 7.16. The fraction of sp³-hybridized carbons (Fsp3) is 0.714. The van der Waals surface area contributed by atoms with Gasteiger partial charge in [0.15, 0.2) is 0 Å². The van der Waals surface area contributed by atoms with E-state index in [-0.39, 0.29) is 37.6 Å². The summed E-state index contributed by atoms with van der Waals surface area (Å²) in [7, 11) is 0. The zero-order chi connectivity index (χ0) is 16.8. The molecule has 0 atom stereocenters. The molecule has 0 bridgehead atoms. The topological polar surface area (TPSA) is 127 Å². The molecule has 0 saturated carbocycles. The van der Waals surface area contributed by atoms with Crippen LogP contribution in [0.1, 0.15) is 51.4 Å². The Labute approximate surface area is 128 Å². The molecular weight excluding hydrogens is 296 g/mol. The van der Waals surface area contributed by atoms with Crippen molar-refractivity contribution in [3.63, 3.8) is 0 Å². The van der Waals surface area contributed by atoms with E-state index in [0.29, 0.717) is 26.1 Å². The van der Waals surface area contributed by atoms with Gasteiger partial charge in [0.1, 0.15) is 0 Å². The second-order valence-corrected chi connectivity index (χ2v) is 4.64. The van der Waals surface area contributed by atoms with Gasteiger partial charge in [-0.1, -0.05) is 0 Å². The van der Waals surface area contributed by atoms with Gasteiger partial charge in [-0.05, 0) is 25.7 Å². The molecule has 1 aliphatic heterocycles. The van der Waals surface area contributed by atoms with Crippen LogP contribution in [0.3, 0.4) is 0 Å². The van der Waals surface area contributed by atoms with Gasteiger partial charge in [-0.3, -0.25) is 19.2 Å². The summed E-state index contributed by atoms with van der Waals surface area (Å²) in [5.41, 5.74) is 0. The maximum atomic E-state index is 10.8. The third-order valence-electron chi connectivity index (χ3n) is 2.63. The molecule has 0 spiro atoms. The lowest BCUT2D eigenvalue weighted by Gasteiger charge is -2.08. The van der Waals surface area contributed by atoms with Crippen LogP contribution < -0.4 is 0 Å². The number of carboxylic acid groups (broad SMARTS) is 2. The van der Waals surface area contributed by atoms with Crippen molar-refractivity contribution < 1.29 is 38.9 Å². The molecule has 126 valence electrons. The number of aliphatic carboxylic acids is 2. The first kappa shape index (κ1) is 19.9. The molecule has 0 aromatic heterocycles. The summed E-state index contributed by atoms with van der Waals surface area (Å²) < 4.78 is 9.64. The van der Waals surface area contributed by atoms with Crippen molar-refractivity contribution in [2.45, 2.75) is 51.4 Å². The fourth-order valence-corrected chi connectivity index (χ4v) is 1.48. The molecule has 2 N–H and O–H groups in total. The summed E-state index contributed by atoms with van der Waals surface area (Å²) in [4.78, 5) is 41.4. The van der Waals surface area contributed by atoms with E-state index >= 15 is 0 Å². The lowest BCUT2D eigenvalue weighted by Crippen LogP contribution is -2.14. The van der Waals surface area contributed by atoms with Gasteiger partial charge >= 0.3 is 23.9 Å². The lowest BCUT2D eigenvalue weighted by molar-refractivity contribution is -0.152. The first-order valence-corrected chi connectivity index (χ1v) is 7.16. The summed E-state index contributed by atoms with van der Waals surface area (Å²) >= 11 is 0. The standard InChI is InChI=1S/C8H12O4.C6H10O4/c9-7-3-4-8(10)12-6-2-1-5-11-7;7-5(8)3-1-2-4-6(9)10/h1-6H2;1-4H2,(H,7,8)(H,9,10). The summed E-state index contributed by atoms with van der Waals surface area (Å²) in [6.07, 6.45) is 2.82. The van der Waals surface area contributed by atoms with E-state index in [1.807, 2.05) is 0 Å². The average molecular weight is 318 g/mol. The third kappa shape index (κ3) is 14.3. The van der Waals surface area contributed by atoms with Crippen molar-refractivity contribution in [2.75, 3.05) is 13.2 Å². The van der Waals surface area contributed by atoms with E-state index in [0.717, 1.165) is 12.8 Å². The number of ether oxygens (including phenoxy) is 2. The number of carbonyl (C=O) groups excluding carboxylic acids is 2. The molecule has 8 nitrogen and oxygen atoms in total. The Bertz CT molecular complexity index is 341. The normalized spacial score (nSPS) is 15.6. The largest absolute Gasteiger partial charge is 0.481 e. The van der Waals surface area contributed by atoms with Gasteiger partial charge in [-0.25, -0.2) is 0 Å². The molecule has 0 unspecified atom stereocenters. The summed E-state index contributed by atoms with van der Waals surface area (Å²) in [6, 6.07) is 0. The van der Waals surface area contributed by atoms with Crippen molar-refractivity contribution in [3.05, 3.63) is 0 Å². The van der Waals surface area contributed by atoms with E-state index in [2.05, 4.69) is 0 Å². The number of cyclic esters (lactones) is 2. The SMILES string of the molecule is O=C(O)CCCCC(=O)O.O=C1CCC(=O)OCCCCO1. The van der Waals surface area contributed by atoms with E-state index in [4.69, 9.17) is 19.7 Å². The number of esters is 2. The van der Waals surface area contributed by atoms with Crippen LogP contribution in [0.15, 0.2) is 0 Å². The molecule has 0 aromatic carbocycles. The van der Waals surface area contributed by atoms with E-state index in [1.54, 1.807) is 0 Å². The molecule has 1 saturated heterocycles. The molecule has 1 rings (SSSR count). The number of unbranched alkanes of at least 4 members (excludes halogenated alkanes) is 1. The average Bonchev–Trinajstić information content (AvgIpc) is 2.45. The van der Waals surface area contributed by atoms with Crippen molar-refractivity contribution in [1.29, 1.82) is 0 Å². The quantitative estimate of drug-likeness (QED) is 0.574. The van der Waals surface area contributed by atoms with Gasteiger partial charge in [0, 0.05) is 12.8 Å². The monoisotopic (exact) mass is 318 g/mol. The Morgan fingerprint density at radius 2 is 1.18 bits per heavy atom. The van der Waals surface area contributed by atoms with Crippen molar-refractivity contribution >= 4 is 23.9 Å². The van der Waals surface area contributed by atoms with E-state index < -0.39 is 11.9 Å². The highest BCUT2D eigenvalue weighted by atomic mass is 16.5. The van der Waals surface area contributed by atoms with Crippen LogP contribution in [-0.4, -0.2) is 47.3 Å². The second-order valence-electron chi connectivity index (χ2n) is 4.64. The van der Waals surface area contributed by atoms with Crippen LogP contribution in [0.5, 0.6) is 0 Å². The minimum atomic E-state index is -0.870. The summed E-state index contributed by atoms with van der Waals surface area (Å²) in [5, 5.41) is 16.3. The molecule has 0 aromatic rings. The maximum absolute atomic E-state index is 10.8. The van der Waals surface area contributed by atoms with Gasteiger partial charge in [0.25, 0.3) is 0 Å². The summed E-state index contributed by atoms with van der Waals surface area (Å²) in [5.74, 6) is -2.36. The Morgan fingerprint density at radius 3 is 1.50 bits per heavy atom. The lowest BCUT2D eigenvalue weighted by atomic mass is 10.2. The molecule has 22 heavy (non-hydrogen) atoms. The number of carbonyl (C=O) groups is 4. The van der Waals surface area contributed by atoms with Crippen LogP contribution in [0.4, 0.5) is 0 Å². The second kappa shape index (κ2) is 12.6. The predicted octanol–water partition coefficient (Wildman–Crippen LogP) is 1.36. The first-order chi connectivity index (χ1) is 10.4. The minimum Gasteiger partial charge on any atom is -0.481 e. The van der Waals surface area contributed by atoms with E-state index in [9.17, 15) is 19.2 Å². The number of rotatable bonds is 5. The summed E-state index contributed by atoms with van der Waals surface area (Å²) in [6.45, 7) is 0.882. The van der Waals surface area contributed by atoms with Crippen molar-refractivity contribution in [3.8, 4) is 0 Å². The molecular formula is C14H22O8. The molecule has 1 fully saturated rings. The van der Waals surface area contributed by atoms with Crippen molar-refractivity contribution in [1.82, 2.24) is 0 Å². The smallest absolute Gasteiger partial charge is 0.306 e. The van der Waals surface area contributed by atoms with Crippen LogP contribution in [-0.2, 0) is 28.7 Å². The molecule has 0 radical (unpaired) electrons. The molecule has 1 aliphatic rings. The van der Waals surface area contributed by atoms with Gasteiger partial charge < -0.3 is 19.7 Å². The van der Waals surface area contributed by atoms with Gasteiger partial charge in [0.2, 0.25) is 0 Å². The zero-order valence-corrected chi connectivity index (χ0v) is 12.4. The Kier molecular flexibility index (Phi) is 11.4. The maximum Gasteiger partial charge on any atom is 0.306 e. The fourth-order valence-electron chi connectivity index (χ4n) is 1.48. The van der Waals surface area contributed by atoms with Crippen LogP contribution in [0, 0.1) is 0 Å². The highest BCUT2D eigenvalue weighted by Gasteiger charge is 2.10. The minimum absolute atomic E-state index is 0.0628. The molecule has 0 amide bonds. The van der Waals surface area contributed by atoms with Gasteiger partial charge in [0.05, 0.1) is 26.1 Å². The number of carboxylic acids is 2. The zero-order valence-electron chi connectivity index (χ0n) is 12.4. The molecule has 1 heterocycles. The highest BCUT2D eigenvalue weighted by Crippen LogP contribution is 2.02. The number of hydrogen-bond acceptors (Lipinski definition) is 6. The van der Waals surface area contributed by atoms with E-state index in [1.165, 1.54) is 0 Å². The van der Waals surface area contributed by atoms with Gasteiger partial charge in [-0.15, -0.1) is 0 Å². The predicted molar refractivity (Wildman–Crippen MR) is 74.1 cm³/mol. The molecule has 8 heteroatoms. The van der Waals surface area contributed by atoms with Crippen LogP contribution in [0.25, 0.3) is 0 Å². The van der Waals surface area contributed by atoms with Gasteiger partial charge in [-0.2, -0.15) is 0 Å². The van der Waals surface area contributed by atoms with Crippen molar-refractivity contribution in [2.24, 2.45) is 0 Å². The Morgan fingerprint density at radius 1 is 0.818 bits per heavy atom. The van der Waals surface area contributed by atoms with Crippen LogP contribution >= 0.6 is 0 Å².